The van der Waals surface area contributed by atoms with Crippen molar-refractivity contribution in [3.8, 4) is 17.1 Å². The van der Waals surface area contributed by atoms with Crippen molar-refractivity contribution in [1.82, 2.24) is 9.88 Å². The zero-order valence-electron chi connectivity index (χ0n) is 22.8. The van der Waals surface area contributed by atoms with Crippen LogP contribution in [-0.2, 0) is 25.6 Å². The third-order valence-electron chi connectivity index (χ3n) is 6.35. The number of ether oxygens (including phenoxy) is 3. The number of methoxy groups -OCH3 is 1. The molecule has 0 spiro atoms. The molecule has 14 nitrogen and oxygen atoms in total. The molecule has 1 saturated heterocycles. The minimum absolute atomic E-state index is 0.156. The van der Waals surface area contributed by atoms with E-state index < -0.39 is 36.1 Å². The Bertz CT molecular complexity index is 1410. The number of hydrogen-bond donors (Lipinski definition) is 4. The quantitative estimate of drug-likeness (QED) is 0.259. The van der Waals surface area contributed by atoms with Crippen LogP contribution in [0.2, 0.25) is 0 Å². The largest absolute Gasteiger partial charge is 0.496 e. The molecule has 5 N–H and O–H groups in total. The van der Waals surface area contributed by atoms with E-state index >= 15 is 0 Å². The van der Waals surface area contributed by atoms with Crippen molar-refractivity contribution in [2.24, 2.45) is 5.73 Å². The van der Waals surface area contributed by atoms with Crippen LogP contribution in [0.25, 0.3) is 11.3 Å². The number of carbonyl (C=O) groups excluding carboxylic acids is 3. The summed E-state index contributed by atoms with van der Waals surface area (Å²) in [6, 6.07) is 9.81. The number of carboxylic acids is 1. The van der Waals surface area contributed by atoms with E-state index in [1.165, 1.54) is 13.5 Å². The first-order valence-electron chi connectivity index (χ1n) is 13.0. The molecule has 0 saturated carbocycles. The number of nitrogens with zero attached hydrogens (tertiary/aromatic N) is 2. The molecular formula is C28H31N5O9. The molecule has 1 fully saturated rings. The van der Waals surface area contributed by atoms with Gasteiger partial charge in [-0.2, -0.15) is 0 Å². The molecule has 4 rings (SSSR count). The molecule has 0 aliphatic carbocycles. The molecule has 1 aliphatic heterocycles. The summed E-state index contributed by atoms with van der Waals surface area (Å²) in [5.41, 5.74) is 7.56. The number of carbonyl (C=O) groups is 4. The van der Waals surface area contributed by atoms with Crippen molar-refractivity contribution >= 4 is 35.4 Å². The van der Waals surface area contributed by atoms with Gasteiger partial charge in [0.25, 0.3) is 0 Å². The monoisotopic (exact) mass is 581 g/mol. The topological polar surface area (TPSA) is 196 Å². The number of anilines is 2. The number of imide groups is 1. The fraction of sp³-hybridized carbons (Fsp3) is 0.321. The summed E-state index contributed by atoms with van der Waals surface area (Å²) in [4.78, 5) is 54.5. The Morgan fingerprint density at radius 2 is 1.95 bits per heavy atom. The summed E-state index contributed by atoms with van der Waals surface area (Å²) in [5.74, 6) is -0.912. The summed E-state index contributed by atoms with van der Waals surface area (Å²) in [6.45, 7) is 0.485. The van der Waals surface area contributed by atoms with Crippen LogP contribution in [0.4, 0.5) is 21.0 Å². The molecule has 4 amide bonds. The molecule has 2 atom stereocenters. The highest BCUT2D eigenvalue weighted by atomic mass is 16.6. The van der Waals surface area contributed by atoms with Crippen LogP contribution >= 0.6 is 0 Å². The fourth-order valence-electron chi connectivity index (χ4n) is 4.15. The van der Waals surface area contributed by atoms with E-state index in [0.717, 1.165) is 4.90 Å². The Morgan fingerprint density at radius 3 is 2.62 bits per heavy atom. The molecule has 14 heteroatoms. The van der Waals surface area contributed by atoms with Gasteiger partial charge in [-0.05, 0) is 36.2 Å². The lowest BCUT2D eigenvalue weighted by molar-refractivity contribution is -0.139. The molecule has 2 aromatic carbocycles. The third-order valence-corrected chi connectivity index (χ3v) is 6.35. The molecule has 42 heavy (non-hydrogen) atoms. The molecule has 3 aromatic rings. The average molecular weight is 582 g/mol. The van der Waals surface area contributed by atoms with E-state index in [0.29, 0.717) is 47.0 Å². The number of hydrogen-bond acceptors (Lipinski definition) is 10. The molecular weight excluding hydrogens is 550 g/mol. The summed E-state index contributed by atoms with van der Waals surface area (Å²) in [7, 11) is 1.50. The Hall–Kier alpha value is -4.95. The van der Waals surface area contributed by atoms with Crippen molar-refractivity contribution in [2.75, 3.05) is 31.0 Å². The SMILES string of the molecule is COc1cc(NC(=O)Nc2cccc(CN(C(=O)CC[C@H](N)C(=O)O)C(=O)OC3CCOC3)c2)ccc1-c1cnco1. The Labute approximate surface area is 240 Å². The van der Waals surface area contributed by atoms with E-state index in [2.05, 4.69) is 15.6 Å². The molecule has 0 radical (unpaired) electrons. The fourth-order valence-corrected chi connectivity index (χ4v) is 4.15. The first kappa shape index (κ1) is 30.0. The lowest BCUT2D eigenvalue weighted by Gasteiger charge is -2.23. The van der Waals surface area contributed by atoms with Gasteiger partial charge < -0.3 is 40.1 Å². The van der Waals surface area contributed by atoms with Crippen molar-refractivity contribution < 1.29 is 42.9 Å². The number of oxazole rings is 1. The second-order valence-corrected chi connectivity index (χ2v) is 9.39. The second-order valence-electron chi connectivity index (χ2n) is 9.39. The summed E-state index contributed by atoms with van der Waals surface area (Å²) in [6.07, 6.45) is 1.56. The number of nitrogens with two attached hydrogens (primary N) is 1. The van der Waals surface area contributed by atoms with Gasteiger partial charge in [-0.25, -0.2) is 19.5 Å². The lowest BCUT2D eigenvalue weighted by atomic mass is 10.1. The molecule has 1 unspecified atom stereocenters. The predicted octanol–water partition coefficient (Wildman–Crippen LogP) is 3.44. The zero-order valence-corrected chi connectivity index (χ0v) is 22.8. The summed E-state index contributed by atoms with van der Waals surface area (Å²) in [5, 5.41) is 14.5. The van der Waals surface area contributed by atoms with Gasteiger partial charge in [-0.15, -0.1) is 0 Å². The predicted molar refractivity (Wildman–Crippen MR) is 149 cm³/mol. The van der Waals surface area contributed by atoms with E-state index in [9.17, 15) is 19.2 Å². The van der Waals surface area contributed by atoms with Gasteiger partial charge in [0.1, 0.15) is 17.9 Å². The zero-order chi connectivity index (χ0) is 30.1. The number of nitrogens with one attached hydrogen (secondary N) is 2. The molecule has 2 heterocycles. The van der Waals surface area contributed by atoms with Gasteiger partial charge in [-0.1, -0.05) is 12.1 Å². The van der Waals surface area contributed by atoms with Gasteiger partial charge in [0.05, 0.1) is 38.6 Å². The van der Waals surface area contributed by atoms with Crippen molar-refractivity contribution in [3.05, 3.63) is 60.6 Å². The smallest absolute Gasteiger partial charge is 0.417 e. The van der Waals surface area contributed by atoms with Crippen molar-refractivity contribution in [1.29, 1.82) is 0 Å². The summed E-state index contributed by atoms with van der Waals surface area (Å²) >= 11 is 0. The van der Waals surface area contributed by atoms with Crippen LogP contribution < -0.4 is 21.1 Å². The lowest BCUT2D eigenvalue weighted by Crippen LogP contribution is -2.40. The maximum Gasteiger partial charge on any atom is 0.417 e. The maximum atomic E-state index is 13.0. The first-order chi connectivity index (χ1) is 20.2. The number of rotatable bonds is 11. The number of aromatic nitrogens is 1. The highest BCUT2D eigenvalue weighted by Crippen LogP contribution is 2.32. The summed E-state index contributed by atoms with van der Waals surface area (Å²) < 4.78 is 21.4. The normalized spacial score (nSPS) is 15.0. The van der Waals surface area contributed by atoms with Crippen LogP contribution in [0.5, 0.6) is 5.75 Å². The molecule has 0 bridgehead atoms. The molecule has 1 aromatic heterocycles. The van der Waals surface area contributed by atoms with Crippen LogP contribution in [0.1, 0.15) is 24.8 Å². The van der Waals surface area contributed by atoms with Gasteiger partial charge in [0.15, 0.2) is 12.2 Å². The van der Waals surface area contributed by atoms with Gasteiger partial charge >= 0.3 is 18.1 Å². The highest BCUT2D eigenvalue weighted by molar-refractivity contribution is 6.00. The minimum Gasteiger partial charge on any atom is -0.496 e. The first-order valence-corrected chi connectivity index (χ1v) is 13.0. The van der Waals surface area contributed by atoms with Crippen molar-refractivity contribution in [2.45, 2.75) is 38.0 Å². The van der Waals surface area contributed by atoms with Crippen LogP contribution in [0.15, 0.2) is 59.5 Å². The van der Waals surface area contributed by atoms with Crippen LogP contribution in [0.3, 0.4) is 0 Å². The van der Waals surface area contributed by atoms with E-state index in [1.54, 1.807) is 48.7 Å². The maximum absolute atomic E-state index is 13.0. The number of amides is 4. The Balaban J connectivity index is 1.42. The molecule has 222 valence electrons. The standard InChI is InChI=1S/C28H31N5O9/c1-39-23-12-19(5-6-21(23)24-13-30-16-41-24)32-27(37)31-18-4-2-3-17(11-18)14-33(25(34)8-7-22(29)26(35)36)28(38)42-20-9-10-40-15-20/h2-6,11-13,16,20,22H,7-10,14-15,29H2,1H3,(H,35,36)(H2,31,32,37)/t20?,22-/m0/s1. The Morgan fingerprint density at radius 1 is 1.17 bits per heavy atom. The number of benzene rings is 2. The third kappa shape index (κ3) is 8.05. The number of aliphatic carboxylic acids is 1. The van der Waals surface area contributed by atoms with Gasteiger partial charge in [0, 0.05) is 30.3 Å². The minimum atomic E-state index is -1.25. The second kappa shape index (κ2) is 14.1. The average Bonchev–Trinajstić information content (AvgIpc) is 3.69. The number of urea groups is 1. The van der Waals surface area contributed by atoms with Crippen molar-refractivity contribution in [3.63, 3.8) is 0 Å². The van der Waals surface area contributed by atoms with E-state index in [1.807, 2.05) is 0 Å². The van der Waals surface area contributed by atoms with Crippen LogP contribution in [0, 0.1) is 0 Å². The number of carboxylic acid groups (broad SMARTS) is 1. The van der Waals surface area contributed by atoms with Crippen LogP contribution in [-0.4, -0.2) is 71.5 Å². The Kier molecular flexibility index (Phi) is 10.1. The molecule has 1 aliphatic rings. The van der Waals surface area contributed by atoms with E-state index in [-0.39, 0.29) is 26.0 Å². The van der Waals surface area contributed by atoms with Gasteiger partial charge in [0.2, 0.25) is 5.91 Å². The van der Waals surface area contributed by atoms with Gasteiger partial charge in [-0.3, -0.25) is 9.59 Å². The highest BCUT2D eigenvalue weighted by Gasteiger charge is 2.28. The van der Waals surface area contributed by atoms with E-state index in [4.69, 9.17) is 29.5 Å².